The average molecular weight is 358 g/mol. The van der Waals surface area contributed by atoms with Gasteiger partial charge in [0.15, 0.2) is 11.6 Å². The number of halogens is 2. The smallest absolute Gasteiger partial charge is 0.171 e. The first kappa shape index (κ1) is 13.3. The number of rotatable bonds is 3. The Balaban J connectivity index is 2.39. The summed E-state index contributed by atoms with van der Waals surface area (Å²) in [6, 6.07) is 12.1. The first-order chi connectivity index (χ1) is 8.63. The van der Waals surface area contributed by atoms with Gasteiger partial charge in [-0.15, -0.1) is 0 Å². The zero-order valence-corrected chi connectivity index (χ0v) is 11.9. The van der Waals surface area contributed by atoms with Gasteiger partial charge in [-0.2, -0.15) is 0 Å². The standard InChI is InChI=1S/C14H12FIO2/c1-18-12-4-2-3-11(13(12)15)14(17)9-5-7-10(16)8-6-9/h2-8,14,17H,1H3. The maximum Gasteiger partial charge on any atom is 0.171 e. The lowest BCUT2D eigenvalue weighted by Gasteiger charge is -2.14. The van der Waals surface area contributed by atoms with Crippen LogP contribution < -0.4 is 4.74 Å². The van der Waals surface area contributed by atoms with Crippen molar-refractivity contribution in [3.8, 4) is 5.75 Å². The molecule has 2 aromatic carbocycles. The van der Waals surface area contributed by atoms with Gasteiger partial charge >= 0.3 is 0 Å². The van der Waals surface area contributed by atoms with E-state index in [0.29, 0.717) is 5.56 Å². The molecule has 2 rings (SSSR count). The van der Waals surface area contributed by atoms with Gasteiger partial charge < -0.3 is 9.84 Å². The molecular weight excluding hydrogens is 346 g/mol. The van der Waals surface area contributed by atoms with Crippen molar-refractivity contribution in [2.45, 2.75) is 6.10 Å². The van der Waals surface area contributed by atoms with Gasteiger partial charge in [-0.3, -0.25) is 0 Å². The van der Waals surface area contributed by atoms with Gasteiger partial charge in [-0.1, -0.05) is 24.3 Å². The molecule has 0 spiro atoms. The summed E-state index contributed by atoms with van der Waals surface area (Å²) < 4.78 is 20.0. The molecule has 0 aliphatic rings. The van der Waals surface area contributed by atoms with Gasteiger partial charge in [0.25, 0.3) is 0 Å². The topological polar surface area (TPSA) is 29.5 Å². The summed E-state index contributed by atoms with van der Waals surface area (Å²) in [5.41, 5.74) is 0.873. The summed E-state index contributed by atoms with van der Waals surface area (Å²) in [5, 5.41) is 10.2. The second-order valence-electron chi connectivity index (χ2n) is 3.82. The van der Waals surface area contributed by atoms with E-state index < -0.39 is 11.9 Å². The SMILES string of the molecule is COc1cccc(C(O)c2ccc(I)cc2)c1F. The highest BCUT2D eigenvalue weighted by Gasteiger charge is 2.17. The Morgan fingerprint density at radius 3 is 2.44 bits per heavy atom. The Labute approximate surface area is 119 Å². The van der Waals surface area contributed by atoms with Crippen LogP contribution in [0.15, 0.2) is 42.5 Å². The molecular formula is C14H12FIO2. The predicted octanol–water partition coefficient (Wildman–Crippen LogP) is 3.52. The van der Waals surface area contributed by atoms with E-state index in [2.05, 4.69) is 22.6 Å². The molecule has 0 bridgehead atoms. The summed E-state index contributed by atoms with van der Waals surface area (Å²) >= 11 is 2.18. The molecule has 4 heteroatoms. The molecule has 0 saturated heterocycles. The molecule has 1 N–H and O–H groups in total. The van der Waals surface area contributed by atoms with Crippen LogP contribution in [0, 0.1) is 9.39 Å². The molecule has 2 nitrogen and oxygen atoms in total. The quantitative estimate of drug-likeness (QED) is 0.851. The number of ether oxygens (including phenoxy) is 1. The Bertz CT molecular complexity index is 540. The minimum Gasteiger partial charge on any atom is -0.494 e. The van der Waals surface area contributed by atoms with Crippen molar-refractivity contribution in [3.63, 3.8) is 0 Å². The Kier molecular flexibility index (Phi) is 4.19. The van der Waals surface area contributed by atoms with Crippen molar-refractivity contribution in [1.82, 2.24) is 0 Å². The fourth-order valence-electron chi connectivity index (χ4n) is 1.72. The molecule has 0 aliphatic carbocycles. The van der Waals surface area contributed by atoms with Crippen LogP contribution in [-0.2, 0) is 0 Å². The summed E-state index contributed by atoms with van der Waals surface area (Å²) in [4.78, 5) is 0. The third-order valence-corrected chi connectivity index (χ3v) is 3.41. The second kappa shape index (κ2) is 5.67. The number of hydrogen-bond acceptors (Lipinski definition) is 2. The highest BCUT2D eigenvalue weighted by molar-refractivity contribution is 14.1. The zero-order chi connectivity index (χ0) is 13.1. The highest BCUT2D eigenvalue weighted by atomic mass is 127. The van der Waals surface area contributed by atoms with Gasteiger partial charge in [0.05, 0.1) is 7.11 Å². The van der Waals surface area contributed by atoms with E-state index in [0.717, 1.165) is 3.57 Å². The van der Waals surface area contributed by atoms with Crippen molar-refractivity contribution < 1.29 is 14.2 Å². The minimum atomic E-state index is -0.989. The van der Waals surface area contributed by atoms with Crippen LogP contribution in [0.25, 0.3) is 0 Å². The molecule has 0 fully saturated rings. The molecule has 0 radical (unpaired) electrons. The number of hydrogen-bond donors (Lipinski definition) is 1. The van der Waals surface area contributed by atoms with Crippen molar-refractivity contribution in [2.75, 3.05) is 7.11 Å². The number of aliphatic hydroxyl groups is 1. The van der Waals surface area contributed by atoms with Crippen LogP contribution in [0.5, 0.6) is 5.75 Å². The number of methoxy groups -OCH3 is 1. The average Bonchev–Trinajstić information content (AvgIpc) is 2.39. The van der Waals surface area contributed by atoms with Crippen LogP contribution in [-0.4, -0.2) is 12.2 Å². The predicted molar refractivity (Wildman–Crippen MR) is 76.2 cm³/mol. The fourth-order valence-corrected chi connectivity index (χ4v) is 2.08. The van der Waals surface area contributed by atoms with Crippen molar-refractivity contribution >= 4 is 22.6 Å². The first-order valence-electron chi connectivity index (χ1n) is 5.39. The maximum atomic E-state index is 14.0. The van der Waals surface area contributed by atoms with Gasteiger partial charge in [-0.25, -0.2) is 4.39 Å². The Hall–Kier alpha value is -1.14. The lowest BCUT2D eigenvalue weighted by atomic mass is 10.0. The van der Waals surface area contributed by atoms with Crippen LogP contribution in [0.4, 0.5) is 4.39 Å². The van der Waals surface area contributed by atoms with E-state index in [9.17, 15) is 9.50 Å². The second-order valence-corrected chi connectivity index (χ2v) is 5.06. The molecule has 0 saturated carbocycles. The molecule has 0 amide bonds. The molecule has 1 unspecified atom stereocenters. The fraction of sp³-hybridized carbons (Fsp3) is 0.143. The van der Waals surface area contributed by atoms with E-state index in [4.69, 9.17) is 4.74 Å². The molecule has 1 atom stereocenters. The van der Waals surface area contributed by atoms with Gasteiger partial charge in [-0.05, 0) is 46.4 Å². The van der Waals surface area contributed by atoms with E-state index >= 15 is 0 Å². The molecule has 0 aromatic heterocycles. The lowest BCUT2D eigenvalue weighted by molar-refractivity contribution is 0.213. The molecule has 94 valence electrons. The van der Waals surface area contributed by atoms with Gasteiger partial charge in [0.2, 0.25) is 0 Å². The van der Waals surface area contributed by atoms with Crippen LogP contribution in [0.1, 0.15) is 17.2 Å². The van der Waals surface area contributed by atoms with Crippen LogP contribution in [0.2, 0.25) is 0 Å². The summed E-state index contributed by atoms with van der Waals surface area (Å²) in [5.74, 6) is -0.386. The lowest BCUT2D eigenvalue weighted by Crippen LogP contribution is -2.04. The normalized spacial score (nSPS) is 12.2. The monoisotopic (exact) mass is 358 g/mol. The molecule has 0 heterocycles. The van der Waals surface area contributed by atoms with E-state index in [-0.39, 0.29) is 11.3 Å². The number of aliphatic hydroxyl groups excluding tert-OH is 1. The highest BCUT2D eigenvalue weighted by Crippen LogP contribution is 2.29. The Morgan fingerprint density at radius 2 is 1.83 bits per heavy atom. The van der Waals surface area contributed by atoms with E-state index in [1.165, 1.54) is 13.2 Å². The number of benzene rings is 2. The molecule has 2 aromatic rings. The van der Waals surface area contributed by atoms with Gasteiger partial charge in [0, 0.05) is 9.13 Å². The summed E-state index contributed by atoms with van der Waals surface area (Å²) in [6.45, 7) is 0. The summed E-state index contributed by atoms with van der Waals surface area (Å²) in [7, 11) is 1.40. The largest absolute Gasteiger partial charge is 0.494 e. The Morgan fingerprint density at radius 1 is 1.17 bits per heavy atom. The maximum absolute atomic E-state index is 14.0. The zero-order valence-electron chi connectivity index (χ0n) is 9.73. The summed E-state index contributed by atoms with van der Waals surface area (Å²) in [6.07, 6.45) is -0.989. The van der Waals surface area contributed by atoms with E-state index in [1.54, 1.807) is 24.3 Å². The first-order valence-corrected chi connectivity index (χ1v) is 6.47. The van der Waals surface area contributed by atoms with Crippen LogP contribution >= 0.6 is 22.6 Å². The van der Waals surface area contributed by atoms with Gasteiger partial charge in [0.1, 0.15) is 6.10 Å². The van der Waals surface area contributed by atoms with Crippen molar-refractivity contribution in [1.29, 1.82) is 0 Å². The molecule has 18 heavy (non-hydrogen) atoms. The van der Waals surface area contributed by atoms with Crippen molar-refractivity contribution in [3.05, 3.63) is 63.0 Å². The van der Waals surface area contributed by atoms with Crippen molar-refractivity contribution in [2.24, 2.45) is 0 Å². The third kappa shape index (κ3) is 2.64. The van der Waals surface area contributed by atoms with E-state index in [1.807, 2.05) is 12.1 Å². The third-order valence-electron chi connectivity index (χ3n) is 2.69. The minimum absolute atomic E-state index is 0.136. The van der Waals surface area contributed by atoms with Crippen LogP contribution in [0.3, 0.4) is 0 Å². The molecule has 0 aliphatic heterocycles.